The van der Waals surface area contributed by atoms with Gasteiger partial charge in [-0.3, -0.25) is 4.90 Å². The van der Waals surface area contributed by atoms with Crippen molar-refractivity contribution < 1.29 is 8.78 Å². The highest BCUT2D eigenvalue weighted by molar-refractivity contribution is 5.85. The van der Waals surface area contributed by atoms with Crippen molar-refractivity contribution in [1.29, 1.82) is 0 Å². The Hall–Kier alpha value is -2.20. The SMILES string of the molecule is CC(C)c1cc(F)c(C2c3[nH]c4ccccc4c3CC(C)N2C23CC(C2)C3)c(F)c1. The number of rotatable bonds is 3. The lowest BCUT2D eigenvalue weighted by Gasteiger charge is -2.70. The van der Waals surface area contributed by atoms with Crippen molar-refractivity contribution in [2.45, 2.75) is 70.0 Å². The third-order valence-corrected chi connectivity index (χ3v) is 7.97. The van der Waals surface area contributed by atoms with E-state index in [1.54, 1.807) is 12.1 Å². The maximum atomic E-state index is 15.5. The van der Waals surface area contributed by atoms with Crippen LogP contribution in [0, 0.1) is 17.6 Å². The molecule has 1 aromatic heterocycles. The highest BCUT2D eigenvalue weighted by Crippen LogP contribution is 2.64. The van der Waals surface area contributed by atoms with E-state index in [1.807, 2.05) is 26.0 Å². The molecule has 1 N–H and O–H groups in total. The lowest BCUT2D eigenvalue weighted by molar-refractivity contribution is -0.174. The molecule has 0 amide bonds. The monoisotopic (exact) mass is 406 g/mol. The summed E-state index contributed by atoms with van der Waals surface area (Å²) in [6.45, 7) is 6.18. The fourth-order valence-corrected chi connectivity index (χ4v) is 6.43. The van der Waals surface area contributed by atoms with Crippen molar-refractivity contribution in [3.05, 3.63) is 70.4 Å². The standard InChI is InChI=1S/C26H28F2N2/c1-14(2)17-9-20(27)23(21(28)10-17)25-24-19(18-6-4-5-7-22(18)29-24)8-15(3)30(25)26-11-16(12-26)13-26/h4-7,9-10,14-16,25,29H,8,11-13H2,1-3H3. The summed E-state index contributed by atoms with van der Waals surface area (Å²) >= 11 is 0. The Morgan fingerprint density at radius 1 is 1.07 bits per heavy atom. The van der Waals surface area contributed by atoms with E-state index in [9.17, 15) is 0 Å². The summed E-state index contributed by atoms with van der Waals surface area (Å²) in [6.07, 6.45) is 4.40. The van der Waals surface area contributed by atoms with Crippen molar-refractivity contribution >= 4 is 10.9 Å². The van der Waals surface area contributed by atoms with Gasteiger partial charge in [-0.05, 0) is 73.8 Å². The van der Waals surface area contributed by atoms with Crippen LogP contribution in [0.4, 0.5) is 8.78 Å². The van der Waals surface area contributed by atoms with Crippen molar-refractivity contribution in [3.8, 4) is 0 Å². The molecule has 2 aromatic carbocycles. The second-order valence-electron chi connectivity index (χ2n) is 10.2. The molecule has 0 radical (unpaired) electrons. The highest BCUT2D eigenvalue weighted by Gasteiger charge is 2.63. The Labute approximate surface area is 176 Å². The van der Waals surface area contributed by atoms with E-state index in [0.717, 1.165) is 42.8 Å². The van der Waals surface area contributed by atoms with Crippen molar-refractivity contribution in [3.63, 3.8) is 0 Å². The minimum absolute atomic E-state index is 0.0886. The van der Waals surface area contributed by atoms with Gasteiger partial charge in [-0.15, -0.1) is 0 Å². The molecule has 2 bridgehead atoms. The fraction of sp³-hybridized carbons (Fsp3) is 0.462. The summed E-state index contributed by atoms with van der Waals surface area (Å²) in [4.78, 5) is 6.03. The molecular formula is C26H28F2N2. The van der Waals surface area contributed by atoms with Gasteiger partial charge in [0.25, 0.3) is 0 Å². The van der Waals surface area contributed by atoms with Gasteiger partial charge in [0.05, 0.1) is 6.04 Å². The topological polar surface area (TPSA) is 19.0 Å². The molecule has 3 fully saturated rings. The van der Waals surface area contributed by atoms with Gasteiger partial charge in [0.1, 0.15) is 11.6 Å². The van der Waals surface area contributed by atoms with E-state index in [0.29, 0.717) is 5.56 Å². The van der Waals surface area contributed by atoms with Gasteiger partial charge >= 0.3 is 0 Å². The molecule has 0 saturated heterocycles. The Morgan fingerprint density at radius 3 is 2.33 bits per heavy atom. The van der Waals surface area contributed by atoms with Crippen LogP contribution in [0.1, 0.15) is 74.4 Å². The smallest absolute Gasteiger partial charge is 0.131 e. The zero-order valence-electron chi connectivity index (χ0n) is 17.8. The van der Waals surface area contributed by atoms with E-state index >= 15 is 8.78 Å². The Balaban J connectivity index is 1.59. The molecule has 1 aliphatic heterocycles. The van der Waals surface area contributed by atoms with E-state index in [1.165, 1.54) is 10.9 Å². The largest absolute Gasteiger partial charge is 0.357 e. The van der Waals surface area contributed by atoms with Gasteiger partial charge in [-0.2, -0.15) is 0 Å². The number of halogens is 2. The van der Waals surface area contributed by atoms with Crippen LogP contribution in [0.3, 0.4) is 0 Å². The Morgan fingerprint density at radius 2 is 1.73 bits per heavy atom. The summed E-state index contributed by atoms with van der Waals surface area (Å²) in [7, 11) is 0. The van der Waals surface area contributed by atoms with E-state index in [2.05, 4.69) is 28.9 Å². The van der Waals surface area contributed by atoms with Crippen molar-refractivity contribution in [2.75, 3.05) is 0 Å². The van der Waals surface area contributed by atoms with Crippen LogP contribution in [0.25, 0.3) is 10.9 Å². The molecule has 0 spiro atoms. The summed E-state index contributed by atoms with van der Waals surface area (Å²) in [5.74, 6) is 0.0589. The predicted molar refractivity (Wildman–Crippen MR) is 116 cm³/mol. The van der Waals surface area contributed by atoms with Gasteiger partial charge in [-0.25, -0.2) is 8.78 Å². The Kier molecular flexibility index (Phi) is 3.81. The molecular weight excluding hydrogens is 378 g/mol. The lowest BCUT2D eigenvalue weighted by Crippen LogP contribution is -2.71. The second-order valence-corrected chi connectivity index (χ2v) is 10.2. The quantitative estimate of drug-likeness (QED) is 0.529. The average molecular weight is 407 g/mol. The van der Waals surface area contributed by atoms with Crippen LogP contribution in [0.5, 0.6) is 0 Å². The molecule has 156 valence electrons. The number of nitrogens with one attached hydrogen (secondary N) is 1. The highest BCUT2D eigenvalue weighted by atomic mass is 19.1. The van der Waals surface area contributed by atoms with Gasteiger partial charge in [0.2, 0.25) is 0 Å². The predicted octanol–water partition coefficient (Wildman–Crippen LogP) is 6.46. The molecule has 2 heterocycles. The number of fused-ring (bicyclic) bond motifs is 3. The number of aromatic amines is 1. The van der Waals surface area contributed by atoms with Gasteiger partial charge < -0.3 is 4.98 Å². The molecule has 3 saturated carbocycles. The van der Waals surface area contributed by atoms with Crippen LogP contribution in [0.2, 0.25) is 0 Å². The third-order valence-electron chi connectivity index (χ3n) is 7.97. The number of aromatic nitrogens is 1. The summed E-state index contributed by atoms with van der Waals surface area (Å²) in [6, 6.07) is 11.2. The van der Waals surface area contributed by atoms with Gasteiger partial charge in [0.15, 0.2) is 0 Å². The second kappa shape index (κ2) is 6.16. The molecule has 4 aliphatic rings. The maximum absolute atomic E-state index is 15.5. The van der Waals surface area contributed by atoms with Crippen molar-refractivity contribution in [1.82, 2.24) is 9.88 Å². The molecule has 3 aliphatic carbocycles. The molecule has 2 unspecified atom stereocenters. The van der Waals surface area contributed by atoms with Crippen LogP contribution in [-0.4, -0.2) is 21.5 Å². The van der Waals surface area contributed by atoms with Gasteiger partial charge in [-0.1, -0.05) is 32.0 Å². The Bertz CT molecular complexity index is 1120. The summed E-state index contributed by atoms with van der Waals surface area (Å²) in [5, 5.41) is 1.18. The first-order valence-electron chi connectivity index (χ1n) is 11.2. The minimum Gasteiger partial charge on any atom is -0.357 e. The van der Waals surface area contributed by atoms with Gasteiger partial charge in [0, 0.05) is 33.7 Å². The molecule has 2 nitrogen and oxygen atoms in total. The first kappa shape index (κ1) is 18.6. The maximum Gasteiger partial charge on any atom is 0.131 e. The number of nitrogens with zero attached hydrogens (tertiary/aromatic N) is 1. The van der Waals surface area contributed by atoms with E-state index in [4.69, 9.17) is 0 Å². The first-order valence-corrected chi connectivity index (χ1v) is 11.2. The van der Waals surface area contributed by atoms with E-state index in [-0.39, 0.29) is 23.1 Å². The number of hydrogen-bond donors (Lipinski definition) is 1. The number of H-pyrrole nitrogens is 1. The van der Waals surface area contributed by atoms with Crippen molar-refractivity contribution in [2.24, 2.45) is 5.92 Å². The lowest BCUT2D eigenvalue weighted by atomic mass is 9.48. The zero-order chi connectivity index (χ0) is 20.8. The number of hydrogen-bond acceptors (Lipinski definition) is 1. The van der Waals surface area contributed by atoms with Crippen LogP contribution in [-0.2, 0) is 6.42 Å². The zero-order valence-corrected chi connectivity index (χ0v) is 17.8. The third kappa shape index (κ3) is 2.37. The molecule has 2 atom stereocenters. The molecule has 4 heteroatoms. The number of benzene rings is 2. The summed E-state index contributed by atoms with van der Waals surface area (Å²) in [5.41, 5.74) is 4.29. The number of para-hydroxylation sites is 1. The van der Waals surface area contributed by atoms with E-state index < -0.39 is 17.7 Å². The normalized spacial score (nSPS) is 30.3. The average Bonchev–Trinajstić information content (AvgIpc) is 2.99. The first-order chi connectivity index (χ1) is 14.4. The minimum atomic E-state index is -0.418. The summed E-state index contributed by atoms with van der Waals surface area (Å²) < 4.78 is 31.1. The van der Waals surface area contributed by atoms with Crippen LogP contribution in [0.15, 0.2) is 36.4 Å². The molecule has 3 aromatic rings. The molecule has 7 rings (SSSR count). The van der Waals surface area contributed by atoms with Crippen LogP contribution < -0.4 is 0 Å². The van der Waals surface area contributed by atoms with Crippen LogP contribution >= 0.6 is 0 Å². The fourth-order valence-electron chi connectivity index (χ4n) is 6.43. The molecule has 30 heavy (non-hydrogen) atoms.